The van der Waals surface area contributed by atoms with Gasteiger partial charge in [-0.3, -0.25) is 0 Å². The summed E-state index contributed by atoms with van der Waals surface area (Å²) in [7, 11) is 0. The average molecular weight is 295 g/mol. The Morgan fingerprint density at radius 1 is 1.45 bits per heavy atom. The largest absolute Gasteiger partial charge is 0.478 e. The van der Waals surface area contributed by atoms with Crippen molar-refractivity contribution in [3.63, 3.8) is 0 Å². The maximum Gasteiger partial charge on any atom is 0.337 e. The second kappa shape index (κ2) is 5.88. The van der Waals surface area contributed by atoms with E-state index in [9.17, 15) is 9.18 Å². The van der Waals surface area contributed by atoms with E-state index in [1.54, 1.807) is 12.1 Å². The molecule has 2 rings (SSSR count). The number of nitrogens with zero attached hydrogens (tertiary/aromatic N) is 1. The molecule has 0 aliphatic rings. The number of benzene rings is 1. The minimum Gasteiger partial charge on any atom is -0.478 e. The molecule has 1 heterocycles. The highest BCUT2D eigenvalue weighted by Crippen LogP contribution is 2.25. The molecule has 0 bridgehead atoms. The van der Waals surface area contributed by atoms with Crippen LogP contribution in [0.2, 0.25) is 5.02 Å². The van der Waals surface area contributed by atoms with Crippen LogP contribution in [0, 0.1) is 5.82 Å². The fourth-order valence-electron chi connectivity index (χ4n) is 1.73. The molecule has 0 spiro atoms. The third-order valence-electron chi connectivity index (χ3n) is 2.79. The Labute approximate surface area is 120 Å². The van der Waals surface area contributed by atoms with Crippen molar-refractivity contribution in [1.82, 2.24) is 4.98 Å². The number of carboxylic acids is 1. The van der Waals surface area contributed by atoms with Gasteiger partial charge in [-0.15, -0.1) is 0 Å². The molecule has 1 aromatic heterocycles. The molecule has 1 unspecified atom stereocenters. The Morgan fingerprint density at radius 2 is 2.20 bits per heavy atom. The Kier molecular flexibility index (Phi) is 4.20. The number of nitrogens with one attached hydrogen (secondary N) is 1. The Morgan fingerprint density at radius 3 is 2.80 bits per heavy atom. The normalized spacial score (nSPS) is 11.9. The van der Waals surface area contributed by atoms with Crippen molar-refractivity contribution in [2.75, 3.05) is 5.32 Å². The molecule has 2 aromatic rings. The summed E-state index contributed by atoms with van der Waals surface area (Å²) in [6.45, 7) is 1.83. The maximum absolute atomic E-state index is 13.2. The zero-order valence-corrected chi connectivity index (χ0v) is 11.4. The summed E-state index contributed by atoms with van der Waals surface area (Å²) in [5.41, 5.74) is 0.754. The highest BCUT2D eigenvalue weighted by Gasteiger charge is 2.12. The van der Waals surface area contributed by atoms with Gasteiger partial charge in [-0.1, -0.05) is 23.7 Å². The van der Waals surface area contributed by atoms with E-state index >= 15 is 0 Å². The molecule has 0 radical (unpaired) electrons. The van der Waals surface area contributed by atoms with E-state index in [4.69, 9.17) is 16.7 Å². The first kappa shape index (κ1) is 14.3. The number of aromatic nitrogens is 1. The van der Waals surface area contributed by atoms with E-state index in [-0.39, 0.29) is 22.4 Å². The summed E-state index contributed by atoms with van der Waals surface area (Å²) in [5, 5.41) is 12.0. The van der Waals surface area contributed by atoms with Gasteiger partial charge in [0.05, 0.1) is 16.6 Å². The van der Waals surface area contributed by atoms with Crippen LogP contribution in [0.4, 0.5) is 10.2 Å². The molecule has 20 heavy (non-hydrogen) atoms. The van der Waals surface area contributed by atoms with Crippen LogP contribution < -0.4 is 5.32 Å². The summed E-state index contributed by atoms with van der Waals surface area (Å²) in [6.07, 6.45) is 1.22. The molecule has 104 valence electrons. The molecule has 4 nitrogen and oxygen atoms in total. The summed E-state index contributed by atoms with van der Waals surface area (Å²) >= 11 is 5.97. The molecule has 0 aliphatic carbocycles. The Hall–Kier alpha value is -2.14. The van der Waals surface area contributed by atoms with E-state index in [0.29, 0.717) is 5.82 Å². The van der Waals surface area contributed by atoms with Gasteiger partial charge in [0.2, 0.25) is 0 Å². The number of rotatable bonds is 4. The molecule has 1 aromatic carbocycles. The first-order valence-electron chi connectivity index (χ1n) is 5.88. The molecule has 2 N–H and O–H groups in total. The van der Waals surface area contributed by atoms with Gasteiger partial charge in [0.1, 0.15) is 11.6 Å². The molecule has 0 amide bonds. The van der Waals surface area contributed by atoms with E-state index in [1.165, 1.54) is 24.4 Å². The lowest BCUT2D eigenvalue weighted by Gasteiger charge is -2.16. The van der Waals surface area contributed by atoms with Gasteiger partial charge in [0, 0.05) is 6.20 Å². The minimum atomic E-state index is -1.09. The van der Waals surface area contributed by atoms with Crippen molar-refractivity contribution >= 4 is 23.4 Å². The second-order valence-corrected chi connectivity index (χ2v) is 4.69. The van der Waals surface area contributed by atoms with Crippen LogP contribution in [0.15, 0.2) is 36.5 Å². The zero-order valence-electron chi connectivity index (χ0n) is 10.6. The lowest BCUT2D eigenvalue weighted by atomic mass is 10.1. The second-order valence-electron chi connectivity index (χ2n) is 4.28. The highest BCUT2D eigenvalue weighted by atomic mass is 35.5. The summed E-state index contributed by atoms with van der Waals surface area (Å²) < 4.78 is 13.2. The molecule has 0 fully saturated rings. The van der Waals surface area contributed by atoms with Gasteiger partial charge in [-0.05, 0) is 30.7 Å². The fraction of sp³-hybridized carbons (Fsp3) is 0.143. The van der Waals surface area contributed by atoms with E-state index in [2.05, 4.69) is 10.3 Å². The molecular weight excluding hydrogens is 283 g/mol. The van der Waals surface area contributed by atoms with E-state index in [0.717, 1.165) is 5.56 Å². The van der Waals surface area contributed by atoms with Gasteiger partial charge >= 0.3 is 5.97 Å². The van der Waals surface area contributed by atoms with Crippen LogP contribution in [0.3, 0.4) is 0 Å². The number of hydrogen-bond donors (Lipinski definition) is 2. The Bertz CT molecular complexity index is 649. The number of carbonyl (C=O) groups is 1. The lowest BCUT2D eigenvalue weighted by Crippen LogP contribution is -2.09. The van der Waals surface area contributed by atoms with Crippen LogP contribution in [-0.2, 0) is 0 Å². The third kappa shape index (κ3) is 3.24. The quantitative estimate of drug-likeness (QED) is 0.901. The smallest absolute Gasteiger partial charge is 0.337 e. The molecular formula is C14H12ClFN2O2. The van der Waals surface area contributed by atoms with Gasteiger partial charge < -0.3 is 10.4 Å². The van der Waals surface area contributed by atoms with E-state index in [1.807, 2.05) is 6.92 Å². The predicted octanol–water partition coefficient (Wildman–Crippen LogP) is 3.75. The molecule has 6 heteroatoms. The number of aromatic carboxylic acids is 1. The Balaban J connectivity index is 2.19. The number of hydrogen-bond acceptors (Lipinski definition) is 3. The molecule has 1 atom stereocenters. The van der Waals surface area contributed by atoms with Gasteiger partial charge in [0.15, 0.2) is 0 Å². The number of halogens is 2. The topological polar surface area (TPSA) is 62.2 Å². The summed E-state index contributed by atoms with van der Waals surface area (Å²) in [5.74, 6) is -1.06. The molecule has 0 saturated heterocycles. The first-order chi connectivity index (χ1) is 9.47. The average Bonchev–Trinajstić information content (AvgIpc) is 2.40. The predicted molar refractivity (Wildman–Crippen MR) is 74.6 cm³/mol. The van der Waals surface area contributed by atoms with Crippen molar-refractivity contribution in [2.24, 2.45) is 0 Å². The maximum atomic E-state index is 13.2. The fourth-order valence-corrected chi connectivity index (χ4v) is 1.95. The van der Waals surface area contributed by atoms with Crippen molar-refractivity contribution < 1.29 is 14.3 Å². The van der Waals surface area contributed by atoms with Crippen molar-refractivity contribution in [3.8, 4) is 0 Å². The van der Waals surface area contributed by atoms with Crippen molar-refractivity contribution in [3.05, 3.63) is 58.5 Å². The molecule has 0 saturated carbocycles. The molecule has 0 aliphatic heterocycles. The van der Waals surface area contributed by atoms with Gasteiger partial charge in [0.25, 0.3) is 0 Å². The lowest BCUT2D eigenvalue weighted by molar-refractivity contribution is 0.0696. The van der Waals surface area contributed by atoms with Crippen molar-refractivity contribution in [1.29, 1.82) is 0 Å². The third-order valence-corrected chi connectivity index (χ3v) is 3.08. The van der Waals surface area contributed by atoms with Crippen LogP contribution in [0.25, 0.3) is 0 Å². The van der Waals surface area contributed by atoms with Crippen molar-refractivity contribution in [2.45, 2.75) is 13.0 Å². The minimum absolute atomic E-state index is 0.0129. The monoisotopic (exact) mass is 294 g/mol. The van der Waals surface area contributed by atoms with E-state index < -0.39 is 5.97 Å². The van der Waals surface area contributed by atoms with Crippen LogP contribution in [-0.4, -0.2) is 16.1 Å². The summed E-state index contributed by atoms with van der Waals surface area (Å²) in [6, 6.07) is 7.27. The standard InChI is InChI=1S/C14H12ClFN2O2/c1-8(9-3-2-4-11(16)5-9)18-13-12(15)6-10(7-17-13)14(19)20/h2-8H,1H3,(H,17,18)(H,19,20). The van der Waals surface area contributed by atoms with Crippen LogP contribution in [0.1, 0.15) is 28.9 Å². The van der Waals surface area contributed by atoms with Gasteiger partial charge in [-0.2, -0.15) is 0 Å². The van der Waals surface area contributed by atoms with Crippen LogP contribution in [0.5, 0.6) is 0 Å². The SMILES string of the molecule is CC(Nc1ncc(C(=O)O)cc1Cl)c1cccc(F)c1. The highest BCUT2D eigenvalue weighted by molar-refractivity contribution is 6.33. The number of pyridine rings is 1. The first-order valence-corrected chi connectivity index (χ1v) is 6.26. The van der Waals surface area contributed by atoms with Gasteiger partial charge in [-0.25, -0.2) is 14.2 Å². The zero-order chi connectivity index (χ0) is 14.7. The summed E-state index contributed by atoms with van der Waals surface area (Å²) in [4.78, 5) is 14.8. The number of anilines is 1. The number of carboxylic acid groups (broad SMARTS) is 1. The van der Waals surface area contributed by atoms with Crippen LogP contribution >= 0.6 is 11.6 Å².